The van der Waals surface area contributed by atoms with Gasteiger partial charge in [0.15, 0.2) is 5.82 Å². The average Bonchev–Trinajstić information content (AvgIpc) is 3.57. The number of pyridine rings is 1. The minimum atomic E-state index is -0.0310. The third-order valence-electron chi connectivity index (χ3n) is 7.18. The number of H-pyrrole nitrogens is 1. The van der Waals surface area contributed by atoms with Gasteiger partial charge in [-0.05, 0) is 77.7 Å². The van der Waals surface area contributed by atoms with E-state index in [1.807, 2.05) is 6.07 Å². The summed E-state index contributed by atoms with van der Waals surface area (Å²) in [5.74, 6) is 1.18. The Balaban J connectivity index is 1.56. The molecule has 1 fully saturated rings. The second-order valence-electron chi connectivity index (χ2n) is 10.3. The van der Waals surface area contributed by atoms with Gasteiger partial charge >= 0.3 is 0 Å². The van der Waals surface area contributed by atoms with Crippen molar-refractivity contribution in [2.24, 2.45) is 5.92 Å². The van der Waals surface area contributed by atoms with Crippen LogP contribution in [0.5, 0.6) is 0 Å². The first-order valence-corrected chi connectivity index (χ1v) is 13.5. The number of benzene rings is 1. The molecule has 0 amide bonds. The first-order chi connectivity index (χ1) is 16.9. The number of thiophene rings is 1. The Kier molecular flexibility index (Phi) is 6.84. The van der Waals surface area contributed by atoms with Gasteiger partial charge in [0.05, 0.1) is 12.1 Å². The van der Waals surface area contributed by atoms with Gasteiger partial charge in [0.2, 0.25) is 0 Å². The SMILES string of the molecule is Cc1cc(C)c2cc(CN(Cc3cccs3)[C@H](c3nnnn3C3CCCC3)C(C)C)c(=O)[nH]c2c1. The van der Waals surface area contributed by atoms with Crippen LogP contribution in [0.15, 0.2) is 40.5 Å². The molecule has 0 aliphatic heterocycles. The summed E-state index contributed by atoms with van der Waals surface area (Å²) < 4.78 is 2.07. The highest BCUT2D eigenvalue weighted by atomic mass is 32.1. The third-order valence-corrected chi connectivity index (χ3v) is 8.04. The lowest BCUT2D eigenvalue weighted by molar-refractivity contribution is 0.124. The topological polar surface area (TPSA) is 79.7 Å². The lowest BCUT2D eigenvalue weighted by Crippen LogP contribution is -2.35. The van der Waals surface area contributed by atoms with Crippen LogP contribution < -0.4 is 5.56 Å². The van der Waals surface area contributed by atoms with Gasteiger partial charge in [-0.1, -0.05) is 38.8 Å². The lowest BCUT2D eigenvalue weighted by Gasteiger charge is -2.33. The van der Waals surface area contributed by atoms with Crippen molar-refractivity contribution >= 4 is 22.2 Å². The van der Waals surface area contributed by atoms with E-state index in [9.17, 15) is 4.79 Å². The average molecular weight is 491 g/mol. The van der Waals surface area contributed by atoms with E-state index >= 15 is 0 Å². The molecule has 1 N–H and O–H groups in total. The summed E-state index contributed by atoms with van der Waals surface area (Å²) in [4.78, 5) is 20.0. The summed E-state index contributed by atoms with van der Waals surface area (Å²) in [6.45, 7) is 9.87. The molecule has 0 saturated heterocycles. The van der Waals surface area contributed by atoms with E-state index < -0.39 is 0 Å². The molecule has 3 heterocycles. The molecule has 0 bridgehead atoms. The van der Waals surface area contributed by atoms with Crippen LogP contribution in [0.2, 0.25) is 0 Å². The molecular formula is C27H34N6OS. The zero-order chi connectivity index (χ0) is 24.5. The first-order valence-electron chi connectivity index (χ1n) is 12.6. The van der Waals surface area contributed by atoms with Crippen molar-refractivity contribution in [3.05, 3.63) is 73.5 Å². The molecule has 3 aromatic heterocycles. The van der Waals surface area contributed by atoms with Crippen LogP contribution in [-0.2, 0) is 13.1 Å². The summed E-state index contributed by atoms with van der Waals surface area (Å²) in [5.41, 5.74) is 3.96. The van der Waals surface area contributed by atoms with Gasteiger partial charge in [0, 0.05) is 34.4 Å². The van der Waals surface area contributed by atoms with Gasteiger partial charge in [-0.25, -0.2) is 4.68 Å². The number of nitrogens with zero attached hydrogens (tertiary/aromatic N) is 5. The van der Waals surface area contributed by atoms with Crippen LogP contribution in [0.3, 0.4) is 0 Å². The van der Waals surface area contributed by atoms with Gasteiger partial charge in [0.1, 0.15) is 0 Å². The van der Waals surface area contributed by atoms with Crippen LogP contribution in [0.4, 0.5) is 0 Å². The fourth-order valence-electron chi connectivity index (χ4n) is 5.59. The standard InChI is InChI=1S/C27H34N6OS/c1-17(2)25(26-29-30-31-33(26)21-8-5-6-9-21)32(16-22-10-7-11-35-22)15-20-14-23-19(4)12-18(3)13-24(23)28-27(20)34/h7,10-14,17,21,25H,5-6,8-9,15-16H2,1-4H3,(H,28,34)/t25-/m0/s1. The number of nitrogens with one attached hydrogen (secondary N) is 1. The maximum absolute atomic E-state index is 13.2. The highest BCUT2D eigenvalue weighted by Crippen LogP contribution is 2.35. The van der Waals surface area contributed by atoms with Crippen molar-refractivity contribution in [2.45, 2.75) is 78.6 Å². The van der Waals surface area contributed by atoms with Gasteiger partial charge in [0.25, 0.3) is 5.56 Å². The Morgan fingerprint density at radius 2 is 1.97 bits per heavy atom. The molecule has 0 radical (unpaired) electrons. The predicted octanol–water partition coefficient (Wildman–Crippen LogP) is 5.71. The predicted molar refractivity (Wildman–Crippen MR) is 141 cm³/mol. The second-order valence-corrected chi connectivity index (χ2v) is 11.3. The number of aryl methyl sites for hydroxylation is 2. The number of rotatable bonds is 8. The van der Waals surface area contributed by atoms with E-state index in [0.29, 0.717) is 12.6 Å². The molecule has 1 saturated carbocycles. The number of aromatic nitrogens is 5. The van der Waals surface area contributed by atoms with Crippen molar-refractivity contribution in [2.75, 3.05) is 0 Å². The second kappa shape index (κ2) is 10.0. The molecule has 4 aromatic rings. The summed E-state index contributed by atoms with van der Waals surface area (Å²) in [6.07, 6.45) is 4.69. The van der Waals surface area contributed by atoms with E-state index in [1.165, 1.54) is 23.3 Å². The molecule has 1 aromatic carbocycles. The lowest BCUT2D eigenvalue weighted by atomic mass is 9.99. The molecule has 5 rings (SSSR count). The van der Waals surface area contributed by atoms with Crippen LogP contribution in [0.1, 0.15) is 79.0 Å². The monoisotopic (exact) mass is 490 g/mol. The smallest absolute Gasteiger partial charge is 0.252 e. The molecule has 1 aliphatic carbocycles. The zero-order valence-electron chi connectivity index (χ0n) is 21.0. The maximum atomic E-state index is 13.2. The van der Waals surface area contributed by atoms with E-state index in [0.717, 1.165) is 47.2 Å². The number of hydrogen-bond acceptors (Lipinski definition) is 6. The molecular weight excluding hydrogens is 456 g/mol. The van der Waals surface area contributed by atoms with Crippen LogP contribution in [-0.4, -0.2) is 30.1 Å². The van der Waals surface area contributed by atoms with Gasteiger partial charge in [-0.15, -0.1) is 16.4 Å². The number of aromatic amines is 1. The summed E-state index contributed by atoms with van der Waals surface area (Å²) in [6, 6.07) is 10.9. The van der Waals surface area contributed by atoms with E-state index in [-0.39, 0.29) is 17.5 Å². The van der Waals surface area contributed by atoms with Crippen LogP contribution in [0, 0.1) is 19.8 Å². The molecule has 0 unspecified atom stereocenters. The van der Waals surface area contributed by atoms with Gasteiger partial charge in [-0.2, -0.15) is 0 Å². The van der Waals surface area contributed by atoms with Crippen LogP contribution >= 0.6 is 11.3 Å². The molecule has 7 nitrogen and oxygen atoms in total. The molecule has 35 heavy (non-hydrogen) atoms. The van der Waals surface area contributed by atoms with E-state index in [4.69, 9.17) is 0 Å². The molecule has 1 atom stereocenters. The number of hydrogen-bond donors (Lipinski definition) is 1. The van der Waals surface area contributed by atoms with Crippen molar-refractivity contribution in [3.63, 3.8) is 0 Å². The highest BCUT2D eigenvalue weighted by molar-refractivity contribution is 7.09. The normalized spacial score (nSPS) is 15.6. The minimum Gasteiger partial charge on any atom is -0.322 e. The van der Waals surface area contributed by atoms with E-state index in [2.05, 4.69) is 87.4 Å². The highest BCUT2D eigenvalue weighted by Gasteiger charge is 2.32. The maximum Gasteiger partial charge on any atom is 0.252 e. The van der Waals surface area contributed by atoms with Crippen molar-refractivity contribution in [3.8, 4) is 0 Å². The Morgan fingerprint density at radius 3 is 2.69 bits per heavy atom. The fraction of sp³-hybridized carbons (Fsp3) is 0.481. The van der Waals surface area contributed by atoms with E-state index in [1.54, 1.807) is 11.3 Å². The zero-order valence-corrected chi connectivity index (χ0v) is 21.8. The molecule has 8 heteroatoms. The first kappa shape index (κ1) is 23.9. The fourth-order valence-corrected chi connectivity index (χ4v) is 6.32. The van der Waals surface area contributed by atoms with Gasteiger partial charge < -0.3 is 4.98 Å². The Bertz CT molecular complexity index is 1350. The number of fused-ring (bicyclic) bond motifs is 1. The largest absolute Gasteiger partial charge is 0.322 e. The van der Waals surface area contributed by atoms with Crippen LogP contribution in [0.25, 0.3) is 10.9 Å². The summed E-state index contributed by atoms with van der Waals surface area (Å²) in [7, 11) is 0. The Morgan fingerprint density at radius 1 is 1.17 bits per heavy atom. The minimum absolute atomic E-state index is 0.0121. The van der Waals surface area contributed by atoms with Crippen molar-refractivity contribution in [1.29, 1.82) is 0 Å². The third kappa shape index (κ3) is 4.95. The molecule has 1 aliphatic rings. The molecule has 0 spiro atoms. The van der Waals surface area contributed by atoms with Gasteiger partial charge in [-0.3, -0.25) is 9.69 Å². The summed E-state index contributed by atoms with van der Waals surface area (Å²) >= 11 is 1.74. The Hall–Kier alpha value is -2.84. The molecule has 184 valence electrons. The summed E-state index contributed by atoms with van der Waals surface area (Å²) in [5, 5.41) is 16.3. The number of tetrazole rings is 1. The van der Waals surface area contributed by atoms with Crippen molar-refractivity contribution < 1.29 is 0 Å². The quantitative estimate of drug-likeness (QED) is 0.342. The Labute approximate surface area is 210 Å². The van der Waals surface area contributed by atoms with Crippen molar-refractivity contribution in [1.82, 2.24) is 30.1 Å².